The molecule has 0 aliphatic carbocycles. The van der Waals surface area contributed by atoms with Crippen LogP contribution < -0.4 is 10.0 Å². The molecule has 31 heavy (non-hydrogen) atoms. The summed E-state index contributed by atoms with van der Waals surface area (Å²) in [5, 5.41) is 3.09. The number of amides is 1. The Morgan fingerprint density at radius 3 is 2.65 bits per heavy atom. The monoisotopic (exact) mass is 465 g/mol. The highest BCUT2D eigenvalue weighted by Crippen LogP contribution is 2.32. The van der Waals surface area contributed by atoms with E-state index < -0.39 is 21.9 Å². The van der Waals surface area contributed by atoms with Gasteiger partial charge >= 0.3 is 0 Å². The highest BCUT2D eigenvalue weighted by atomic mass is 35.5. The summed E-state index contributed by atoms with van der Waals surface area (Å²) in [6.07, 6.45) is 3.66. The van der Waals surface area contributed by atoms with E-state index in [0.717, 1.165) is 31.5 Å². The molecule has 0 spiro atoms. The third kappa shape index (κ3) is 4.92. The van der Waals surface area contributed by atoms with Crippen LogP contribution in [-0.4, -0.2) is 38.9 Å². The van der Waals surface area contributed by atoms with E-state index in [1.807, 2.05) is 0 Å². The number of nitrogens with one attached hydrogen (secondary N) is 2. The first-order chi connectivity index (χ1) is 14.8. The van der Waals surface area contributed by atoms with Crippen LogP contribution in [0, 0.1) is 5.82 Å². The molecule has 0 aromatic heterocycles. The van der Waals surface area contributed by atoms with Crippen LogP contribution in [0.15, 0.2) is 41.3 Å². The Hall–Kier alpha value is -2.00. The van der Waals surface area contributed by atoms with Gasteiger partial charge in [-0.25, -0.2) is 17.5 Å². The van der Waals surface area contributed by atoms with Gasteiger partial charge in [0.2, 0.25) is 15.9 Å². The number of aryl methyl sites for hydroxylation is 1. The normalized spacial score (nSPS) is 18.3. The lowest BCUT2D eigenvalue weighted by molar-refractivity contribution is -0.116. The summed E-state index contributed by atoms with van der Waals surface area (Å²) < 4.78 is 43.4. The van der Waals surface area contributed by atoms with Crippen molar-refractivity contribution < 1.29 is 17.6 Å². The molecule has 9 heteroatoms. The average molecular weight is 466 g/mol. The Kier molecular flexibility index (Phi) is 6.62. The zero-order valence-corrected chi connectivity index (χ0v) is 18.6. The van der Waals surface area contributed by atoms with Crippen molar-refractivity contribution in [1.29, 1.82) is 0 Å². The van der Waals surface area contributed by atoms with Gasteiger partial charge in [-0.2, -0.15) is 0 Å². The summed E-state index contributed by atoms with van der Waals surface area (Å²) in [4.78, 5) is 13.9. The number of nitrogens with zero attached hydrogens (tertiary/aromatic N) is 1. The number of fused-ring (bicyclic) bond motifs is 1. The topological polar surface area (TPSA) is 78.5 Å². The van der Waals surface area contributed by atoms with Crippen LogP contribution in [0.25, 0.3) is 0 Å². The highest BCUT2D eigenvalue weighted by molar-refractivity contribution is 7.89. The molecule has 1 atom stereocenters. The van der Waals surface area contributed by atoms with Gasteiger partial charge in [0, 0.05) is 29.2 Å². The number of rotatable bonds is 6. The van der Waals surface area contributed by atoms with Crippen LogP contribution in [0.5, 0.6) is 0 Å². The quantitative estimate of drug-likeness (QED) is 0.678. The zero-order chi connectivity index (χ0) is 22.0. The van der Waals surface area contributed by atoms with E-state index in [1.54, 1.807) is 24.3 Å². The van der Waals surface area contributed by atoms with E-state index >= 15 is 0 Å². The van der Waals surface area contributed by atoms with Crippen molar-refractivity contribution in [2.24, 2.45) is 0 Å². The summed E-state index contributed by atoms with van der Waals surface area (Å²) >= 11 is 6.30. The maximum atomic E-state index is 14.6. The predicted molar refractivity (Wildman–Crippen MR) is 118 cm³/mol. The van der Waals surface area contributed by atoms with Gasteiger partial charge in [0.05, 0.1) is 10.9 Å². The second-order valence-corrected chi connectivity index (χ2v) is 10.1. The second-order valence-electron chi connectivity index (χ2n) is 7.97. The fourth-order valence-electron chi connectivity index (χ4n) is 4.29. The first kappa shape index (κ1) is 22.2. The van der Waals surface area contributed by atoms with Crippen molar-refractivity contribution in [2.75, 3.05) is 25.0 Å². The molecule has 0 unspecified atom stereocenters. The third-order valence-electron chi connectivity index (χ3n) is 5.89. The van der Waals surface area contributed by atoms with E-state index in [9.17, 15) is 17.6 Å². The molecule has 2 aromatic rings. The Labute approximate surface area is 186 Å². The maximum Gasteiger partial charge on any atom is 0.240 e. The molecule has 2 heterocycles. The Bertz CT molecular complexity index is 1070. The molecule has 166 valence electrons. The molecular weight excluding hydrogens is 441 g/mol. The van der Waals surface area contributed by atoms with Crippen molar-refractivity contribution in [3.63, 3.8) is 0 Å². The zero-order valence-electron chi connectivity index (χ0n) is 17.0. The van der Waals surface area contributed by atoms with E-state index in [1.165, 1.54) is 12.1 Å². The number of carbonyl (C=O) groups excluding carboxylic acids is 1. The summed E-state index contributed by atoms with van der Waals surface area (Å²) in [5.41, 5.74) is 1.76. The molecule has 6 nitrogen and oxygen atoms in total. The van der Waals surface area contributed by atoms with Crippen LogP contribution in [-0.2, 0) is 21.2 Å². The van der Waals surface area contributed by atoms with Crippen LogP contribution in [0.2, 0.25) is 5.02 Å². The molecule has 2 N–H and O–H groups in total. The standard InChI is InChI=1S/C22H25ClFN3O3S/c23-17-6-4-7-18(24)22(17)20(27-11-1-2-12-27)14-25-31(29,30)16-9-10-19-15(13-16)5-3-8-21(28)26-19/h4,6-7,9-10,13,20,25H,1-3,5,8,11-12,14H2,(H,26,28)/t20-/m0/s1. The predicted octanol–water partition coefficient (Wildman–Crippen LogP) is 3.87. The number of benzene rings is 2. The Balaban J connectivity index is 1.58. The van der Waals surface area contributed by atoms with Gasteiger partial charge in [0.1, 0.15) is 5.82 Å². The second kappa shape index (κ2) is 9.24. The van der Waals surface area contributed by atoms with Crippen molar-refractivity contribution >= 4 is 33.2 Å². The summed E-state index contributed by atoms with van der Waals surface area (Å²) in [5.74, 6) is -0.507. The summed E-state index contributed by atoms with van der Waals surface area (Å²) in [7, 11) is -3.83. The minimum absolute atomic E-state index is 0.0107. The van der Waals surface area contributed by atoms with Crippen LogP contribution in [0.3, 0.4) is 0 Å². The molecule has 0 saturated carbocycles. The first-order valence-electron chi connectivity index (χ1n) is 10.5. The minimum atomic E-state index is -3.83. The van der Waals surface area contributed by atoms with E-state index in [2.05, 4.69) is 14.9 Å². The van der Waals surface area contributed by atoms with Crippen LogP contribution in [0.4, 0.5) is 10.1 Å². The van der Waals surface area contributed by atoms with Crippen molar-refractivity contribution in [1.82, 2.24) is 9.62 Å². The van der Waals surface area contributed by atoms with E-state index in [4.69, 9.17) is 11.6 Å². The minimum Gasteiger partial charge on any atom is -0.326 e. The lowest BCUT2D eigenvalue weighted by atomic mass is 10.0. The Morgan fingerprint density at radius 2 is 1.90 bits per heavy atom. The number of likely N-dealkylation sites (tertiary alicyclic amines) is 1. The lowest BCUT2D eigenvalue weighted by Gasteiger charge is -2.29. The number of halogens is 2. The van der Waals surface area contributed by atoms with E-state index in [-0.39, 0.29) is 22.4 Å². The molecule has 1 saturated heterocycles. The van der Waals surface area contributed by atoms with Crippen molar-refractivity contribution in [3.05, 3.63) is 58.4 Å². The molecule has 1 amide bonds. The molecular formula is C22H25ClFN3O3S. The maximum absolute atomic E-state index is 14.6. The average Bonchev–Trinajstić information content (AvgIpc) is 3.18. The van der Waals surface area contributed by atoms with Gasteiger partial charge in [-0.05, 0) is 74.7 Å². The number of anilines is 1. The van der Waals surface area contributed by atoms with E-state index in [0.29, 0.717) is 30.5 Å². The molecule has 0 radical (unpaired) electrons. The summed E-state index contributed by atoms with van der Waals surface area (Å²) in [6, 6.07) is 8.72. The smallest absolute Gasteiger partial charge is 0.240 e. The lowest BCUT2D eigenvalue weighted by Crippen LogP contribution is -2.37. The SMILES string of the molecule is O=C1CCCc2cc(S(=O)(=O)NC[C@@H](c3c(F)cccc3Cl)N3CCCC3)ccc2N1. The van der Waals surface area contributed by atoms with Crippen molar-refractivity contribution in [2.45, 2.75) is 43.0 Å². The third-order valence-corrected chi connectivity index (χ3v) is 7.64. The first-order valence-corrected chi connectivity index (χ1v) is 12.3. The van der Waals surface area contributed by atoms with Gasteiger partial charge < -0.3 is 5.32 Å². The number of carbonyl (C=O) groups is 1. The number of sulfonamides is 1. The van der Waals surface area contributed by atoms with Crippen molar-refractivity contribution in [3.8, 4) is 0 Å². The van der Waals surface area contributed by atoms with Gasteiger partial charge in [-0.3, -0.25) is 9.69 Å². The van der Waals surface area contributed by atoms with Gasteiger partial charge in [-0.15, -0.1) is 0 Å². The van der Waals surface area contributed by atoms with Crippen LogP contribution in [0.1, 0.15) is 42.9 Å². The van der Waals surface area contributed by atoms with Gasteiger partial charge in [0.25, 0.3) is 0 Å². The fourth-order valence-corrected chi connectivity index (χ4v) is 5.66. The summed E-state index contributed by atoms with van der Waals surface area (Å²) in [6.45, 7) is 1.53. The van der Waals surface area contributed by atoms with Gasteiger partial charge in [0.15, 0.2) is 0 Å². The highest BCUT2D eigenvalue weighted by Gasteiger charge is 2.29. The fraction of sp³-hybridized carbons (Fsp3) is 0.409. The van der Waals surface area contributed by atoms with Crippen LogP contribution >= 0.6 is 11.6 Å². The molecule has 2 aliphatic heterocycles. The Morgan fingerprint density at radius 1 is 1.13 bits per heavy atom. The molecule has 0 bridgehead atoms. The number of hydrogen-bond donors (Lipinski definition) is 2. The largest absolute Gasteiger partial charge is 0.326 e. The van der Waals surface area contributed by atoms with Gasteiger partial charge in [-0.1, -0.05) is 17.7 Å². The molecule has 2 aliphatic rings. The molecule has 4 rings (SSSR count). The molecule has 2 aromatic carbocycles. The number of hydrogen-bond acceptors (Lipinski definition) is 4. The molecule has 1 fully saturated rings.